The van der Waals surface area contributed by atoms with E-state index in [1.165, 1.54) is 25.2 Å². The van der Waals surface area contributed by atoms with Crippen molar-refractivity contribution in [1.82, 2.24) is 9.88 Å². The molecule has 0 aliphatic carbocycles. The van der Waals surface area contributed by atoms with Gasteiger partial charge < -0.3 is 4.90 Å². The lowest BCUT2D eigenvalue weighted by molar-refractivity contribution is 0.310. The van der Waals surface area contributed by atoms with E-state index in [1.54, 1.807) is 0 Å². The molecule has 21 heavy (non-hydrogen) atoms. The molecule has 4 rings (SSSR count). The fourth-order valence-electron chi connectivity index (χ4n) is 3.45. The monoisotopic (exact) mass is 299 g/mol. The Labute approximate surface area is 130 Å². The summed E-state index contributed by atoms with van der Waals surface area (Å²) in [6.07, 6.45) is 5.17. The number of piperazine rings is 1. The summed E-state index contributed by atoms with van der Waals surface area (Å²) in [5, 5.41) is 0.766. The summed E-state index contributed by atoms with van der Waals surface area (Å²) >= 11 is 6.10. The van der Waals surface area contributed by atoms with Gasteiger partial charge in [0, 0.05) is 49.0 Å². The van der Waals surface area contributed by atoms with Crippen molar-refractivity contribution in [3.05, 3.63) is 47.7 Å². The number of hydrogen-bond donors (Lipinski definition) is 0. The van der Waals surface area contributed by atoms with Crippen LogP contribution in [0.5, 0.6) is 0 Å². The van der Waals surface area contributed by atoms with Gasteiger partial charge >= 0.3 is 0 Å². The van der Waals surface area contributed by atoms with Gasteiger partial charge in [-0.3, -0.25) is 9.88 Å². The van der Waals surface area contributed by atoms with Crippen molar-refractivity contribution in [2.75, 3.05) is 31.1 Å². The van der Waals surface area contributed by atoms with Crippen molar-refractivity contribution >= 4 is 17.3 Å². The zero-order valence-electron chi connectivity index (χ0n) is 11.9. The van der Waals surface area contributed by atoms with Gasteiger partial charge in [-0.25, -0.2) is 0 Å². The van der Waals surface area contributed by atoms with Gasteiger partial charge in [0.25, 0.3) is 0 Å². The molecule has 2 fully saturated rings. The van der Waals surface area contributed by atoms with E-state index in [0.29, 0.717) is 6.04 Å². The molecule has 3 nitrogen and oxygen atoms in total. The summed E-state index contributed by atoms with van der Waals surface area (Å²) in [6, 6.07) is 10.9. The predicted molar refractivity (Wildman–Crippen MR) is 86.9 cm³/mol. The van der Waals surface area contributed by atoms with Crippen LogP contribution in [0.1, 0.15) is 6.42 Å². The largest absolute Gasteiger partial charge is 0.365 e. The molecule has 0 saturated carbocycles. The maximum atomic E-state index is 6.10. The molecule has 3 heterocycles. The molecular weight excluding hydrogens is 282 g/mol. The summed E-state index contributed by atoms with van der Waals surface area (Å²) < 4.78 is 0. The highest BCUT2D eigenvalue weighted by molar-refractivity contribution is 6.30. The van der Waals surface area contributed by atoms with E-state index in [1.807, 2.05) is 30.6 Å². The Morgan fingerprint density at radius 2 is 2.00 bits per heavy atom. The van der Waals surface area contributed by atoms with E-state index in [2.05, 4.69) is 26.9 Å². The van der Waals surface area contributed by atoms with Crippen molar-refractivity contribution in [2.24, 2.45) is 0 Å². The van der Waals surface area contributed by atoms with E-state index in [4.69, 9.17) is 11.6 Å². The van der Waals surface area contributed by atoms with Gasteiger partial charge in [-0.15, -0.1) is 0 Å². The fourth-order valence-corrected chi connectivity index (χ4v) is 3.64. The number of anilines is 1. The van der Waals surface area contributed by atoms with Crippen LogP contribution in [0.15, 0.2) is 42.7 Å². The van der Waals surface area contributed by atoms with E-state index in [9.17, 15) is 0 Å². The minimum atomic E-state index is 0.648. The molecule has 2 saturated heterocycles. The summed E-state index contributed by atoms with van der Waals surface area (Å²) in [5.74, 6) is 0. The first-order chi connectivity index (χ1) is 10.3. The second-order valence-corrected chi connectivity index (χ2v) is 6.32. The molecule has 108 valence electrons. The number of rotatable bonds is 2. The molecule has 0 amide bonds. The highest BCUT2D eigenvalue weighted by Gasteiger charge is 2.32. The van der Waals surface area contributed by atoms with E-state index in [0.717, 1.165) is 29.2 Å². The van der Waals surface area contributed by atoms with E-state index >= 15 is 0 Å². The molecule has 0 spiro atoms. The van der Waals surface area contributed by atoms with Crippen LogP contribution in [0.25, 0.3) is 11.1 Å². The van der Waals surface area contributed by atoms with E-state index in [-0.39, 0.29) is 0 Å². The first-order valence-electron chi connectivity index (χ1n) is 7.49. The zero-order valence-corrected chi connectivity index (χ0v) is 12.6. The lowest BCUT2D eigenvalue weighted by atomic mass is 10.1. The second kappa shape index (κ2) is 5.32. The van der Waals surface area contributed by atoms with Crippen LogP contribution in [0.3, 0.4) is 0 Å². The number of pyridine rings is 1. The molecular formula is C17H18ClN3. The van der Waals surface area contributed by atoms with Crippen LogP contribution in [0.4, 0.5) is 5.69 Å². The van der Waals surface area contributed by atoms with Gasteiger partial charge in [-0.05, 0) is 30.2 Å². The normalized spacial score (nSPS) is 24.3. The Morgan fingerprint density at radius 1 is 1.05 bits per heavy atom. The van der Waals surface area contributed by atoms with Crippen LogP contribution < -0.4 is 4.90 Å². The number of benzene rings is 1. The minimum Gasteiger partial charge on any atom is -0.365 e. The summed E-state index contributed by atoms with van der Waals surface area (Å²) in [6.45, 7) is 4.70. The number of nitrogens with zero attached hydrogens (tertiary/aromatic N) is 3. The van der Waals surface area contributed by atoms with Gasteiger partial charge in [0.05, 0.1) is 11.9 Å². The minimum absolute atomic E-state index is 0.648. The SMILES string of the molecule is Clc1cccc(-c2cncc(N3CCN4CCC3C4)c2)c1. The van der Waals surface area contributed by atoms with Crippen LogP contribution in [0.2, 0.25) is 5.02 Å². The lowest BCUT2D eigenvalue weighted by Crippen LogP contribution is -2.46. The molecule has 0 radical (unpaired) electrons. The third-order valence-electron chi connectivity index (χ3n) is 4.56. The molecule has 1 aromatic carbocycles. The molecule has 0 N–H and O–H groups in total. The first-order valence-corrected chi connectivity index (χ1v) is 7.87. The van der Waals surface area contributed by atoms with Crippen molar-refractivity contribution < 1.29 is 0 Å². The quantitative estimate of drug-likeness (QED) is 0.848. The van der Waals surface area contributed by atoms with Crippen molar-refractivity contribution in [1.29, 1.82) is 0 Å². The number of hydrogen-bond acceptors (Lipinski definition) is 3. The third kappa shape index (κ3) is 2.52. The Kier molecular flexibility index (Phi) is 3.32. The van der Waals surface area contributed by atoms with Crippen LogP contribution in [-0.2, 0) is 0 Å². The highest BCUT2D eigenvalue weighted by atomic mass is 35.5. The van der Waals surface area contributed by atoms with Gasteiger partial charge in [-0.1, -0.05) is 23.7 Å². The van der Waals surface area contributed by atoms with Gasteiger partial charge in [0.2, 0.25) is 0 Å². The average Bonchev–Trinajstić information content (AvgIpc) is 2.89. The van der Waals surface area contributed by atoms with Gasteiger partial charge in [0.15, 0.2) is 0 Å². The van der Waals surface area contributed by atoms with Crippen LogP contribution >= 0.6 is 11.6 Å². The number of halogens is 1. The Bertz CT molecular complexity index is 658. The summed E-state index contributed by atoms with van der Waals surface area (Å²) in [4.78, 5) is 9.52. The van der Waals surface area contributed by atoms with Crippen LogP contribution in [-0.4, -0.2) is 42.1 Å². The van der Waals surface area contributed by atoms with Crippen molar-refractivity contribution in [2.45, 2.75) is 12.5 Å². The summed E-state index contributed by atoms with van der Waals surface area (Å²) in [7, 11) is 0. The molecule has 2 unspecified atom stereocenters. The maximum absolute atomic E-state index is 6.10. The molecule has 1 aromatic heterocycles. The third-order valence-corrected chi connectivity index (χ3v) is 4.79. The van der Waals surface area contributed by atoms with Crippen molar-refractivity contribution in [3.63, 3.8) is 0 Å². The van der Waals surface area contributed by atoms with Gasteiger partial charge in [0.1, 0.15) is 0 Å². The number of fused-ring (bicyclic) bond motifs is 2. The standard InChI is InChI=1S/C17H18ClN3/c18-15-3-1-2-13(8-15)14-9-17(11-19-10-14)21-7-6-20-5-4-16(21)12-20/h1-3,8-11,16H,4-7,12H2. The second-order valence-electron chi connectivity index (χ2n) is 5.88. The Balaban J connectivity index is 1.66. The lowest BCUT2D eigenvalue weighted by Gasteiger charge is -2.36. The zero-order chi connectivity index (χ0) is 14.2. The molecule has 4 heteroatoms. The average molecular weight is 300 g/mol. The molecule has 2 atom stereocenters. The number of aromatic nitrogens is 1. The van der Waals surface area contributed by atoms with Gasteiger partial charge in [-0.2, -0.15) is 0 Å². The first kappa shape index (κ1) is 13.1. The van der Waals surface area contributed by atoms with Crippen LogP contribution in [0, 0.1) is 0 Å². The predicted octanol–water partition coefficient (Wildman–Crippen LogP) is 3.30. The fraction of sp³-hybridized carbons (Fsp3) is 0.353. The maximum Gasteiger partial charge on any atom is 0.0562 e. The topological polar surface area (TPSA) is 19.4 Å². The molecule has 2 aliphatic heterocycles. The Hall–Kier alpha value is -1.58. The summed E-state index contributed by atoms with van der Waals surface area (Å²) in [5.41, 5.74) is 3.50. The van der Waals surface area contributed by atoms with Crippen molar-refractivity contribution in [3.8, 4) is 11.1 Å². The Morgan fingerprint density at radius 3 is 2.90 bits per heavy atom. The molecule has 2 aliphatic rings. The molecule has 2 aromatic rings. The molecule has 2 bridgehead atoms. The van der Waals surface area contributed by atoms with E-state index < -0.39 is 0 Å². The highest BCUT2D eigenvalue weighted by Crippen LogP contribution is 2.30. The smallest absolute Gasteiger partial charge is 0.0562 e.